The Bertz CT molecular complexity index is 407. The van der Waals surface area contributed by atoms with Gasteiger partial charge in [-0.05, 0) is 11.8 Å². The van der Waals surface area contributed by atoms with Gasteiger partial charge in [0.2, 0.25) is 0 Å². The molecule has 6 heteroatoms. The molecule has 1 aliphatic carbocycles. The zero-order valence-corrected chi connectivity index (χ0v) is 13.0. The van der Waals surface area contributed by atoms with Crippen molar-refractivity contribution in [2.45, 2.75) is 31.6 Å². The van der Waals surface area contributed by atoms with Gasteiger partial charge in [0.25, 0.3) is 5.91 Å². The number of amides is 1. The Hall–Kier alpha value is -1.13. The van der Waals surface area contributed by atoms with E-state index in [-0.39, 0.29) is 37.1 Å². The van der Waals surface area contributed by atoms with Crippen LogP contribution >= 0.6 is 0 Å². The van der Waals surface area contributed by atoms with E-state index >= 15 is 0 Å². The van der Waals surface area contributed by atoms with Crippen LogP contribution in [-0.2, 0) is 14.3 Å². The van der Waals surface area contributed by atoms with Crippen LogP contribution in [0.25, 0.3) is 0 Å². The lowest BCUT2D eigenvalue weighted by Crippen LogP contribution is -2.69. The van der Waals surface area contributed by atoms with Crippen molar-refractivity contribution in [3.63, 3.8) is 0 Å². The molecule has 6 unspecified atom stereocenters. The molecule has 120 valence electrons. The van der Waals surface area contributed by atoms with Crippen molar-refractivity contribution >= 4 is 5.91 Å². The fraction of sp³-hybridized carbons (Fsp3) is 0.800. The highest BCUT2D eigenvalue weighted by Gasteiger charge is 2.56. The zero-order valence-electron chi connectivity index (χ0n) is 13.0. The number of hydrogen-bond donors (Lipinski definition) is 3. The molecular weight excluding hydrogens is 274 g/mol. The molecule has 1 saturated carbocycles. The van der Waals surface area contributed by atoms with Crippen LogP contribution in [0.1, 0.15) is 13.8 Å². The van der Waals surface area contributed by atoms with Crippen molar-refractivity contribution < 1.29 is 24.5 Å². The van der Waals surface area contributed by atoms with Gasteiger partial charge in [-0.1, -0.05) is 13.8 Å². The molecule has 0 aliphatic heterocycles. The van der Waals surface area contributed by atoms with E-state index in [1.54, 1.807) is 7.11 Å². The average molecular weight is 299 g/mol. The van der Waals surface area contributed by atoms with E-state index in [0.717, 1.165) is 0 Å². The van der Waals surface area contributed by atoms with Crippen molar-refractivity contribution in [3.05, 3.63) is 0 Å². The van der Waals surface area contributed by atoms with Crippen LogP contribution < -0.4 is 5.32 Å². The van der Waals surface area contributed by atoms with Gasteiger partial charge in [0, 0.05) is 32.7 Å². The van der Waals surface area contributed by atoms with Gasteiger partial charge in [-0.15, -0.1) is 6.42 Å². The summed E-state index contributed by atoms with van der Waals surface area (Å²) in [4.78, 5) is 11.6. The minimum absolute atomic E-state index is 0.0287. The molecule has 21 heavy (non-hydrogen) atoms. The number of ether oxygens (including phenoxy) is 2. The highest BCUT2D eigenvalue weighted by molar-refractivity contribution is 5.93. The number of terminal acetylenes is 1. The first-order valence-electron chi connectivity index (χ1n) is 6.99. The third kappa shape index (κ3) is 3.22. The summed E-state index contributed by atoms with van der Waals surface area (Å²) in [5, 5.41) is 23.4. The Balaban J connectivity index is 3.21. The van der Waals surface area contributed by atoms with E-state index in [1.165, 1.54) is 7.11 Å². The predicted octanol–water partition coefficient (Wildman–Crippen LogP) is -0.609. The molecular formula is C15H25NO5. The van der Waals surface area contributed by atoms with Gasteiger partial charge in [-0.3, -0.25) is 4.79 Å². The molecule has 0 spiro atoms. The molecule has 1 rings (SSSR count). The van der Waals surface area contributed by atoms with Crippen molar-refractivity contribution in [2.75, 3.05) is 27.4 Å². The summed E-state index contributed by atoms with van der Waals surface area (Å²) in [5.74, 6) is 0.565. The summed E-state index contributed by atoms with van der Waals surface area (Å²) >= 11 is 0. The molecule has 0 heterocycles. The molecule has 3 N–H and O–H groups in total. The molecule has 0 aromatic carbocycles. The summed E-state index contributed by atoms with van der Waals surface area (Å²) in [5.41, 5.74) is -1.33. The number of aliphatic hydroxyl groups excluding tert-OH is 1. The molecule has 0 bridgehead atoms. The molecule has 6 atom stereocenters. The largest absolute Gasteiger partial charge is 0.396 e. The summed E-state index contributed by atoms with van der Waals surface area (Å²) < 4.78 is 10.6. The second kappa shape index (κ2) is 7.23. The maximum Gasteiger partial charge on any atom is 0.295 e. The first-order valence-corrected chi connectivity index (χ1v) is 6.99. The Morgan fingerprint density at radius 2 is 2.05 bits per heavy atom. The smallest absolute Gasteiger partial charge is 0.295 e. The Morgan fingerprint density at radius 1 is 1.43 bits per heavy atom. The van der Waals surface area contributed by atoms with Crippen LogP contribution in [0.4, 0.5) is 0 Å². The second-order valence-corrected chi connectivity index (χ2v) is 5.71. The van der Waals surface area contributed by atoms with Crippen molar-refractivity contribution in [3.8, 4) is 12.3 Å². The molecule has 0 saturated heterocycles. The number of methoxy groups -OCH3 is 2. The van der Waals surface area contributed by atoms with Gasteiger partial charge >= 0.3 is 0 Å². The summed E-state index contributed by atoms with van der Waals surface area (Å²) in [6.45, 7) is 3.57. The topological polar surface area (TPSA) is 88.0 Å². The third-order valence-electron chi connectivity index (χ3n) is 4.71. The lowest BCUT2D eigenvalue weighted by molar-refractivity contribution is -0.191. The highest BCUT2D eigenvalue weighted by atomic mass is 16.5. The van der Waals surface area contributed by atoms with E-state index in [1.807, 2.05) is 19.8 Å². The van der Waals surface area contributed by atoms with Crippen LogP contribution in [0.3, 0.4) is 0 Å². The number of hydrogen-bond acceptors (Lipinski definition) is 5. The van der Waals surface area contributed by atoms with E-state index in [9.17, 15) is 15.0 Å². The van der Waals surface area contributed by atoms with Gasteiger partial charge in [-0.25, -0.2) is 0 Å². The molecule has 1 amide bonds. The third-order valence-corrected chi connectivity index (χ3v) is 4.71. The Labute approximate surface area is 125 Å². The fourth-order valence-corrected chi connectivity index (χ4v) is 3.52. The maximum atomic E-state index is 11.6. The molecule has 0 radical (unpaired) electrons. The Morgan fingerprint density at radius 3 is 2.48 bits per heavy atom. The molecule has 1 aliphatic rings. The van der Waals surface area contributed by atoms with Gasteiger partial charge in [0.05, 0.1) is 18.8 Å². The second-order valence-electron chi connectivity index (χ2n) is 5.71. The first kappa shape index (κ1) is 17.9. The van der Waals surface area contributed by atoms with E-state index in [4.69, 9.17) is 15.9 Å². The van der Waals surface area contributed by atoms with Crippen LogP contribution in [-0.4, -0.2) is 61.3 Å². The number of carbonyl (C=O) groups is 1. The fourth-order valence-electron chi connectivity index (χ4n) is 3.52. The first-order chi connectivity index (χ1) is 9.87. The molecule has 1 fully saturated rings. The normalized spacial score (nSPS) is 39.6. The number of nitrogens with one attached hydrogen (secondary N) is 1. The maximum absolute atomic E-state index is 11.6. The summed E-state index contributed by atoms with van der Waals surface area (Å²) in [6, 6.07) is -0.622. The van der Waals surface area contributed by atoms with Crippen LogP contribution in [0.15, 0.2) is 0 Å². The molecule has 0 aromatic heterocycles. The Kier molecular flexibility index (Phi) is 6.17. The van der Waals surface area contributed by atoms with E-state index < -0.39 is 17.6 Å². The lowest BCUT2D eigenvalue weighted by atomic mass is 9.62. The number of rotatable bonds is 5. The lowest BCUT2D eigenvalue weighted by Gasteiger charge is -2.53. The van der Waals surface area contributed by atoms with Crippen molar-refractivity contribution in [1.82, 2.24) is 5.32 Å². The summed E-state index contributed by atoms with van der Waals surface area (Å²) in [7, 11) is 3.03. The number of aliphatic hydroxyl groups is 2. The number of carbonyl (C=O) groups excluding carboxylic acids is 1. The van der Waals surface area contributed by atoms with Gasteiger partial charge in [-0.2, -0.15) is 0 Å². The standard InChI is InChI=1S/C15H25NO5/c1-6-12(18)16-14-9(2)13(21-5)11(7-17)10(3)15(14,19)8-20-4/h1,9-11,13-14,17,19H,7-8H2,2-5H3,(H,16,18). The highest BCUT2D eigenvalue weighted by Crippen LogP contribution is 2.42. The van der Waals surface area contributed by atoms with E-state index in [0.29, 0.717) is 0 Å². The van der Waals surface area contributed by atoms with Gasteiger partial charge < -0.3 is 25.0 Å². The summed E-state index contributed by atoms with van der Waals surface area (Å²) in [6.07, 6.45) is 4.81. The van der Waals surface area contributed by atoms with Gasteiger partial charge in [0.15, 0.2) is 0 Å². The monoisotopic (exact) mass is 299 g/mol. The minimum Gasteiger partial charge on any atom is -0.396 e. The van der Waals surface area contributed by atoms with Crippen LogP contribution in [0.5, 0.6) is 0 Å². The predicted molar refractivity (Wildman–Crippen MR) is 77.3 cm³/mol. The van der Waals surface area contributed by atoms with Crippen LogP contribution in [0, 0.1) is 30.1 Å². The van der Waals surface area contributed by atoms with Gasteiger partial charge in [0.1, 0.15) is 5.60 Å². The average Bonchev–Trinajstić information content (AvgIpc) is 2.47. The molecule has 6 nitrogen and oxygen atoms in total. The van der Waals surface area contributed by atoms with Crippen LogP contribution in [0.2, 0.25) is 0 Å². The minimum atomic E-state index is -1.33. The van der Waals surface area contributed by atoms with E-state index in [2.05, 4.69) is 5.32 Å². The van der Waals surface area contributed by atoms with Crippen molar-refractivity contribution in [1.29, 1.82) is 0 Å². The quantitative estimate of drug-likeness (QED) is 0.590. The molecule has 0 aromatic rings. The zero-order chi connectivity index (χ0) is 16.2. The van der Waals surface area contributed by atoms with Crippen molar-refractivity contribution in [2.24, 2.45) is 17.8 Å². The SMILES string of the molecule is C#CC(=O)NC1C(C)C(OC)C(CO)C(C)C1(O)COC.